The summed E-state index contributed by atoms with van der Waals surface area (Å²) in [5.41, 5.74) is 13.0. The fourth-order valence-electron chi connectivity index (χ4n) is 9.82. The minimum atomic E-state index is -4.80. The first-order chi connectivity index (χ1) is 35.6. The number of hydrogen-bond acceptors (Lipinski definition) is 4. The van der Waals surface area contributed by atoms with Crippen LogP contribution in [-0.2, 0) is 6.18 Å². The Balaban J connectivity index is 1.25. The normalized spacial score (nSPS) is 11.6. The monoisotopic (exact) mass is 951 g/mol. The number of nitrogens with zero attached hydrogens (tertiary/aromatic N) is 5. The lowest BCUT2D eigenvalue weighted by Crippen LogP contribution is -2.11. The van der Waals surface area contributed by atoms with Crippen molar-refractivity contribution in [2.45, 2.75) is 20.0 Å². The molecule has 350 valence electrons. The van der Waals surface area contributed by atoms with Crippen LogP contribution in [0.2, 0.25) is 0 Å². The van der Waals surface area contributed by atoms with Gasteiger partial charge in [-0.2, -0.15) is 13.2 Å². The summed E-state index contributed by atoms with van der Waals surface area (Å²) < 4.78 is 49.8. The van der Waals surface area contributed by atoms with Crippen molar-refractivity contribution in [1.29, 1.82) is 0 Å². The summed E-state index contributed by atoms with van der Waals surface area (Å²) >= 11 is 0. The number of alkyl halides is 3. The van der Waals surface area contributed by atoms with Gasteiger partial charge in [-0.15, -0.1) is 0 Å². The molecule has 0 atom stereocenters. The van der Waals surface area contributed by atoms with E-state index in [0.29, 0.717) is 28.5 Å². The molecule has 73 heavy (non-hydrogen) atoms. The Kier molecular flexibility index (Phi) is 11.4. The summed E-state index contributed by atoms with van der Waals surface area (Å²) in [4.78, 5) is 20.8. The van der Waals surface area contributed by atoms with Crippen molar-refractivity contribution < 1.29 is 13.2 Å². The van der Waals surface area contributed by atoms with Crippen LogP contribution in [0.3, 0.4) is 0 Å². The highest BCUT2D eigenvalue weighted by molar-refractivity contribution is 6.13. The molecular formula is C65H44F3N5. The minimum Gasteiger partial charge on any atom is -0.308 e. The van der Waals surface area contributed by atoms with Crippen LogP contribution in [0.25, 0.3) is 118 Å². The van der Waals surface area contributed by atoms with Crippen LogP contribution in [-0.4, -0.2) is 24.5 Å². The van der Waals surface area contributed by atoms with E-state index in [0.717, 1.165) is 77.4 Å². The molecule has 0 aliphatic carbocycles. The fraction of sp³-hybridized carbons (Fsp3) is 0.0462. The first-order valence-corrected chi connectivity index (χ1v) is 24.1. The van der Waals surface area contributed by atoms with Gasteiger partial charge in [0.1, 0.15) is 0 Å². The summed E-state index contributed by atoms with van der Waals surface area (Å²) in [6.45, 7) is 4.15. The third-order valence-corrected chi connectivity index (χ3v) is 13.3. The van der Waals surface area contributed by atoms with Gasteiger partial charge in [0, 0.05) is 44.2 Å². The molecule has 0 N–H and O–H groups in total. The molecule has 3 aromatic heterocycles. The molecule has 9 aromatic carbocycles. The largest absolute Gasteiger partial charge is 0.416 e. The molecule has 12 rings (SSSR count). The number of rotatable bonds is 9. The standard InChI is InChI=1S/C65H44F3N5/c1-41-17-15-27-47(33-41)49-29-31-60-52(35-49)53-36-50(48-28-16-18-42(2)34-48)30-32-61(53)73(60)62-54(63-69-56(43-19-7-3-8-20-43)39-57(70-63)44-21-9-4-10-22-44)37-51(65(66,67)68)38-55(62)64-71-58(45-23-11-5-12-24-45)40-59(72-64)46-25-13-6-14-26-46/h3-40H,1-2H3. The van der Waals surface area contributed by atoms with Gasteiger partial charge in [-0.05, 0) is 84.6 Å². The second kappa shape index (κ2) is 18.5. The second-order valence-corrected chi connectivity index (χ2v) is 18.3. The zero-order valence-corrected chi connectivity index (χ0v) is 39.8. The van der Waals surface area contributed by atoms with Gasteiger partial charge in [-0.25, -0.2) is 19.9 Å². The van der Waals surface area contributed by atoms with Crippen molar-refractivity contribution in [3.63, 3.8) is 0 Å². The molecule has 5 nitrogen and oxygen atoms in total. The third-order valence-electron chi connectivity index (χ3n) is 13.3. The van der Waals surface area contributed by atoms with Crippen LogP contribution < -0.4 is 0 Å². The van der Waals surface area contributed by atoms with E-state index in [1.807, 2.05) is 133 Å². The Morgan fingerprint density at radius 2 is 0.658 bits per heavy atom. The first-order valence-electron chi connectivity index (χ1n) is 24.1. The number of fused-ring (bicyclic) bond motifs is 3. The van der Waals surface area contributed by atoms with E-state index in [-0.39, 0.29) is 22.8 Å². The van der Waals surface area contributed by atoms with Crippen molar-refractivity contribution in [3.05, 3.63) is 247 Å². The van der Waals surface area contributed by atoms with E-state index in [1.54, 1.807) is 0 Å². The molecule has 0 saturated carbocycles. The summed E-state index contributed by atoms with van der Waals surface area (Å²) in [6.07, 6.45) is -4.80. The molecule has 8 heteroatoms. The molecule has 0 unspecified atom stereocenters. The van der Waals surface area contributed by atoms with E-state index in [2.05, 4.69) is 103 Å². The van der Waals surface area contributed by atoms with Gasteiger partial charge in [0.25, 0.3) is 0 Å². The average Bonchev–Trinajstić information content (AvgIpc) is 3.75. The van der Waals surface area contributed by atoms with Crippen LogP contribution >= 0.6 is 0 Å². The quantitative estimate of drug-likeness (QED) is 0.145. The predicted molar refractivity (Wildman–Crippen MR) is 290 cm³/mol. The second-order valence-electron chi connectivity index (χ2n) is 18.3. The average molecular weight is 952 g/mol. The summed E-state index contributed by atoms with van der Waals surface area (Å²) in [5.74, 6) is 0.209. The summed E-state index contributed by atoms with van der Waals surface area (Å²) in [5, 5.41) is 1.82. The molecule has 0 amide bonds. The van der Waals surface area contributed by atoms with Gasteiger partial charge in [-0.3, -0.25) is 0 Å². The van der Waals surface area contributed by atoms with Crippen LogP contribution in [0.15, 0.2) is 231 Å². The van der Waals surface area contributed by atoms with E-state index < -0.39 is 11.7 Å². The Morgan fingerprint density at radius 1 is 0.329 bits per heavy atom. The molecule has 0 aliphatic rings. The van der Waals surface area contributed by atoms with Gasteiger partial charge in [0.2, 0.25) is 0 Å². The summed E-state index contributed by atoms with van der Waals surface area (Å²) in [7, 11) is 0. The van der Waals surface area contributed by atoms with Crippen molar-refractivity contribution in [2.24, 2.45) is 0 Å². The molecule has 3 heterocycles. The SMILES string of the molecule is Cc1cccc(-c2ccc3c(c2)c2cc(-c4cccc(C)c4)ccc2n3-c2c(-c3nc(-c4ccccc4)cc(-c4ccccc4)n3)cc(C(F)(F)F)cc2-c2nc(-c3ccccc3)cc(-c3ccccc3)n2)c1. The Bertz CT molecular complexity index is 3650. The molecule has 0 spiro atoms. The fourth-order valence-corrected chi connectivity index (χ4v) is 9.82. The maximum atomic E-state index is 15.9. The molecule has 0 bridgehead atoms. The highest BCUT2D eigenvalue weighted by Gasteiger charge is 2.35. The third kappa shape index (κ3) is 8.74. The van der Waals surface area contributed by atoms with Crippen LogP contribution in [0.1, 0.15) is 16.7 Å². The first kappa shape index (κ1) is 44.9. The van der Waals surface area contributed by atoms with Crippen molar-refractivity contribution in [1.82, 2.24) is 24.5 Å². The smallest absolute Gasteiger partial charge is 0.308 e. The van der Waals surface area contributed by atoms with Crippen LogP contribution in [0.5, 0.6) is 0 Å². The predicted octanol–water partition coefficient (Wildman–Crippen LogP) is 17.3. The summed E-state index contributed by atoms with van der Waals surface area (Å²) in [6, 6.07) is 74.2. The molecule has 0 saturated heterocycles. The van der Waals surface area contributed by atoms with E-state index in [4.69, 9.17) is 19.9 Å². The minimum absolute atomic E-state index is 0.104. The Morgan fingerprint density at radius 3 is 0.986 bits per heavy atom. The van der Waals surface area contributed by atoms with E-state index in [9.17, 15) is 0 Å². The zero-order valence-electron chi connectivity index (χ0n) is 39.8. The van der Waals surface area contributed by atoms with E-state index >= 15 is 13.2 Å². The number of hydrogen-bond donors (Lipinski definition) is 0. The molecule has 0 aliphatic heterocycles. The van der Waals surface area contributed by atoms with Gasteiger partial charge in [-0.1, -0.05) is 193 Å². The lowest BCUT2D eigenvalue weighted by Gasteiger charge is -2.21. The number of aryl methyl sites for hydroxylation is 2. The van der Waals surface area contributed by atoms with Crippen LogP contribution in [0.4, 0.5) is 13.2 Å². The lowest BCUT2D eigenvalue weighted by molar-refractivity contribution is -0.137. The molecule has 0 fully saturated rings. The Hall–Kier alpha value is -9.27. The molecular weight excluding hydrogens is 908 g/mol. The Labute approximate surface area is 420 Å². The van der Waals surface area contributed by atoms with Crippen molar-refractivity contribution in [2.75, 3.05) is 0 Å². The highest BCUT2D eigenvalue weighted by Crippen LogP contribution is 2.46. The maximum absolute atomic E-state index is 15.9. The van der Waals surface area contributed by atoms with Crippen molar-refractivity contribution >= 4 is 21.8 Å². The van der Waals surface area contributed by atoms with Gasteiger partial charge in [0.05, 0.1) is 45.1 Å². The lowest BCUT2D eigenvalue weighted by atomic mass is 9.98. The zero-order chi connectivity index (χ0) is 49.6. The van der Waals surface area contributed by atoms with Gasteiger partial charge in [0.15, 0.2) is 11.6 Å². The van der Waals surface area contributed by atoms with Gasteiger partial charge < -0.3 is 4.57 Å². The number of aromatic nitrogens is 5. The van der Waals surface area contributed by atoms with Gasteiger partial charge >= 0.3 is 6.18 Å². The van der Waals surface area contributed by atoms with Crippen LogP contribution in [0, 0.1) is 13.8 Å². The highest BCUT2D eigenvalue weighted by atomic mass is 19.4. The van der Waals surface area contributed by atoms with E-state index in [1.165, 1.54) is 12.1 Å². The maximum Gasteiger partial charge on any atom is 0.416 e. The van der Waals surface area contributed by atoms with Crippen molar-refractivity contribution in [3.8, 4) is 95.7 Å². The topological polar surface area (TPSA) is 56.5 Å². The molecule has 0 radical (unpaired) electrons. The molecule has 12 aromatic rings. The number of halogens is 3. The number of benzene rings is 9.